The molecule has 0 fully saturated rings. The van der Waals surface area contributed by atoms with Crippen molar-refractivity contribution in [2.24, 2.45) is 0 Å². The molecule has 1 rings (SSSR count). The zero-order valence-corrected chi connectivity index (χ0v) is 9.66. The van der Waals surface area contributed by atoms with Gasteiger partial charge in [0, 0.05) is 17.3 Å². The molecular weight excluding hydrogens is 180 g/mol. The highest BCUT2D eigenvalue weighted by atomic mass is 32.1. The van der Waals surface area contributed by atoms with Crippen molar-refractivity contribution >= 4 is 11.3 Å². The van der Waals surface area contributed by atoms with Crippen LogP contribution in [0, 0.1) is 13.8 Å². The molecule has 0 spiro atoms. The molecule has 1 aromatic heterocycles. The van der Waals surface area contributed by atoms with Crippen molar-refractivity contribution in [1.29, 1.82) is 0 Å². The fourth-order valence-corrected chi connectivity index (χ4v) is 2.71. The van der Waals surface area contributed by atoms with Crippen LogP contribution in [0.4, 0.5) is 0 Å². The van der Waals surface area contributed by atoms with Gasteiger partial charge in [-0.3, -0.25) is 0 Å². The van der Waals surface area contributed by atoms with Gasteiger partial charge in [0.1, 0.15) is 0 Å². The van der Waals surface area contributed by atoms with Crippen LogP contribution in [0.3, 0.4) is 0 Å². The first-order valence-corrected chi connectivity index (χ1v) is 5.59. The number of aryl methyl sites for hydroxylation is 2. The van der Waals surface area contributed by atoms with E-state index in [0.29, 0.717) is 5.92 Å². The zero-order chi connectivity index (χ0) is 9.84. The van der Waals surface area contributed by atoms with E-state index < -0.39 is 0 Å². The molecule has 1 heterocycles. The molecule has 13 heavy (non-hydrogen) atoms. The molecule has 1 atom stereocenters. The lowest BCUT2D eigenvalue weighted by Crippen LogP contribution is -2.16. The minimum absolute atomic E-state index is 0.635. The Labute approximate surface area is 84.4 Å². The zero-order valence-electron chi connectivity index (χ0n) is 8.85. The smallest absolute Gasteiger partial charge is 0.0900 e. The monoisotopic (exact) mass is 198 g/mol. The SMILES string of the molecule is CCC(CNC)c1sc(C)nc1C. The predicted molar refractivity (Wildman–Crippen MR) is 58.5 cm³/mol. The maximum absolute atomic E-state index is 4.45. The maximum atomic E-state index is 4.45. The second kappa shape index (κ2) is 4.72. The molecule has 0 saturated heterocycles. The van der Waals surface area contributed by atoms with Gasteiger partial charge in [0.15, 0.2) is 0 Å². The standard InChI is InChI=1S/C10H18N2S/c1-5-9(6-11-4)10-7(2)12-8(3)13-10/h9,11H,5-6H2,1-4H3. The van der Waals surface area contributed by atoms with Gasteiger partial charge in [0.05, 0.1) is 10.7 Å². The predicted octanol–water partition coefficient (Wildman–Crippen LogP) is 2.47. The lowest BCUT2D eigenvalue weighted by Gasteiger charge is -2.12. The summed E-state index contributed by atoms with van der Waals surface area (Å²) in [4.78, 5) is 5.91. The van der Waals surface area contributed by atoms with Crippen LogP contribution in [0.1, 0.15) is 34.8 Å². The molecule has 0 radical (unpaired) electrons. The van der Waals surface area contributed by atoms with Crippen molar-refractivity contribution < 1.29 is 0 Å². The first-order chi connectivity index (χ1) is 6.19. The quantitative estimate of drug-likeness (QED) is 0.804. The number of nitrogens with one attached hydrogen (secondary N) is 1. The Hall–Kier alpha value is -0.410. The van der Waals surface area contributed by atoms with Gasteiger partial charge in [0.25, 0.3) is 0 Å². The average Bonchev–Trinajstić information content (AvgIpc) is 2.41. The first-order valence-electron chi connectivity index (χ1n) is 4.77. The summed E-state index contributed by atoms with van der Waals surface area (Å²) in [6.07, 6.45) is 1.18. The van der Waals surface area contributed by atoms with E-state index in [1.54, 1.807) is 0 Å². The number of hydrogen-bond acceptors (Lipinski definition) is 3. The van der Waals surface area contributed by atoms with Crippen LogP contribution in [0.25, 0.3) is 0 Å². The minimum atomic E-state index is 0.635. The van der Waals surface area contributed by atoms with Gasteiger partial charge in [-0.15, -0.1) is 11.3 Å². The highest BCUT2D eigenvalue weighted by molar-refractivity contribution is 7.11. The molecule has 1 N–H and O–H groups in total. The highest BCUT2D eigenvalue weighted by Crippen LogP contribution is 2.28. The summed E-state index contributed by atoms with van der Waals surface area (Å²) in [7, 11) is 2.01. The largest absolute Gasteiger partial charge is 0.319 e. The summed E-state index contributed by atoms with van der Waals surface area (Å²) >= 11 is 1.84. The maximum Gasteiger partial charge on any atom is 0.0900 e. The van der Waals surface area contributed by atoms with Gasteiger partial charge in [0.2, 0.25) is 0 Å². The number of rotatable bonds is 4. The number of aromatic nitrogens is 1. The molecule has 0 aliphatic carbocycles. The second-order valence-electron chi connectivity index (χ2n) is 3.35. The molecule has 0 saturated carbocycles. The normalized spacial score (nSPS) is 13.2. The van der Waals surface area contributed by atoms with E-state index in [4.69, 9.17) is 0 Å². The molecule has 2 nitrogen and oxygen atoms in total. The van der Waals surface area contributed by atoms with Gasteiger partial charge in [-0.05, 0) is 27.3 Å². The third-order valence-electron chi connectivity index (χ3n) is 2.25. The molecule has 74 valence electrons. The van der Waals surface area contributed by atoms with Crippen molar-refractivity contribution in [1.82, 2.24) is 10.3 Å². The molecule has 0 amide bonds. The molecule has 0 aromatic carbocycles. The first kappa shape index (κ1) is 10.7. The Balaban J connectivity index is 2.83. The van der Waals surface area contributed by atoms with Crippen LogP contribution in [0.2, 0.25) is 0 Å². The average molecular weight is 198 g/mol. The number of thiazole rings is 1. The van der Waals surface area contributed by atoms with E-state index in [1.165, 1.54) is 22.0 Å². The lowest BCUT2D eigenvalue weighted by molar-refractivity contribution is 0.616. The van der Waals surface area contributed by atoms with Crippen LogP contribution in [-0.2, 0) is 0 Å². The number of hydrogen-bond donors (Lipinski definition) is 1. The van der Waals surface area contributed by atoms with E-state index >= 15 is 0 Å². The lowest BCUT2D eigenvalue weighted by atomic mass is 10.0. The topological polar surface area (TPSA) is 24.9 Å². The van der Waals surface area contributed by atoms with E-state index in [9.17, 15) is 0 Å². The van der Waals surface area contributed by atoms with Crippen LogP contribution in [0.15, 0.2) is 0 Å². The molecule has 0 aliphatic heterocycles. The summed E-state index contributed by atoms with van der Waals surface area (Å²) in [6, 6.07) is 0. The van der Waals surface area contributed by atoms with Crippen molar-refractivity contribution in [2.75, 3.05) is 13.6 Å². The van der Waals surface area contributed by atoms with Crippen molar-refractivity contribution in [2.45, 2.75) is 33.1 Å². The summed E-state index contributed by atoms with van der Waals surface area (Å²) in [5, 5.41) is 4.42. The summed E-state index contributed by atoms with van der Waals surface area (Å²) < 4.78 is 0. The van der Waals surface area contributed by atoms with E-state index in [1.807, 2.05) is 18.4 Å². The molecular formula is C10H18N2S. The Kier molecular flexibility index (Phi) is 3.88. The third-order valence-corrected chi connectivity index (χ3v) is 3.49. The number of likely N-dealkylation sites (N-methyl/N-ethyl adjacent to an activating group) is 1. The van der Waals surface area contributed by atoms with Gasteiger partial charge in [-0.25, -0.2) is 4.98 Å². The Morgan fingerprint density at radius 3 is 2.54 bits per heavy atom. The van der Waals surface area contributed by atoms with Crippen molar-refractivity contribution in [3.8, 4) is 0 Å². The summed E-state index contributed by atoms with van der Waals surface area (Å²) in [6.45, 7) is 7.47. The second-order valence-corrected chi connectivity index (χ2v) is 4.58. The van der Waals surface area contributed by atoms with Gasteiger partial charge >= 0.3 is 0 Å². The van der Waals surface area contributed by atoms with Crippen LogP contribution >= 0.6 is 11.3 Å². The van der Waals surface area contributed by atoms with E-state index in [0.717, 1.165) is 6.54 Å². The molecule has 0 bridgehead atoms. The minimum Gasteiger partial charge on any atom is -0.319 e. The van der Waals surface area contributed by atoms with Crippen LogP contribution < -0.4 is 5.32 Å². The number of nitrogens with zero attached hydrogens (tertiary/aromatic N) is 1. The van der Waals surface area contributed by atoms with E-state index in [-0.39, 0.29) is 0 Å². The third kappa shape index (κ3) is 2.51. The Bertz CT molecular complexity index is 268. The van der Waals surface area contributed by atoms with Gasteiger partial charge in [-0.2, -0.15) is 0 Å². The fourth-order valence-electron chi connectivity index (χ4n) is 1.59. The van der Waals surface area contributed by atoms with Crippen molar-refractivity contribution in [3.63, 3.8) is 0 Å². The van der Waals surface area contributed by atoms with Crippen LogP contribution in [0.5, 0.6) is 0 Å². The Morgan fingerprint density at radius 2 is 2.15 bits per heavy atom. The molecule has 1 aromatic rings. The highest BCUT2D eigenvalue weighted by Gasteiger charge is 2.14. The van der Waals surface area contributed by atoms with E-state index in [2.05, 4.69) is 31.1 Å². The fraction of sp³-hybridized carbons (Fsp3) is 0.700. The van der Waals surface area contributed by atoms with Crippen molar-refractivity contribution in [3.05, 3.63) is 15.6 Å². The Morgan fingerprint density at radius 1 is 1.46 bits per heavy atom. The molecule has 0 aliphatic rings. The molecule has 3 heteroatoms. The summed E-state index contributed by atoms with van der Waals surface area (Å²) in [5.74, 6) is 0.635. The summed E-state index contributed by atoms with van der Waals surface area (Å²) in [5.41, 5.74) is 1.21. The van der Waals surface area contributed by atoms with Gasteiger partial charge in [-0.1, -0.05) is 6.92 Å². The van der Waals surface area contributed by atoms with Gasteiger partial charge < -0.3 is 5.32 Å². The van der Waals surface area contributed by atoms with Crippen LogP contribution in [-0.4, -0.2) is 18.6 Å². The molecule has 1 unspecified atom stereocenters.